The summed E-state index contributed by atoms with van der Waals surface area (Å²) >= 11 is 0. The Balaban J connectivity index is 1.52. The molecule has 2 aromatic heterocycles. The molecule has 4 nitrogen and oxygen atoms in total. The van der Waals surface area contributed by atoms with Gasteiger partial charge in [0.1, 0.15) is 11.6 Å². The smallest absolute Gasteiger partial charge is 0.154 e. The molecule has 3 heterocycles. The van der Waals surface area contributed by atoms with Gasteiger partial charge in [-0.2, -0.15) is 0 Å². The summed E-state index contributed by atoms with van der Waals surface area (Å²) in [7, 11) is 0. The lowest BCUT2D eigenvalue weighted by molar-refractivity contribution is 0.584. The van der Waals surface area contributed by atoms with E-state index in [0.717, 1.165) is 40.6 Å². The highest BCUT2D eigenvalue weighted by Gasteiger charge is 2.27. The van der Waals surface area contributed by atoms with Crippen LogP contribution in [0.4, 0.5) is 20.3 Å². The second-order valence-electron chi connectivity index (χ2n) is 7.42. The standard InChI is InChI=1S/C24H20F2N4/c1-2-29-15-30(14-16-5-6-21-17(10-16)4-3-9-27-21)24-23(29)8-7-22(28-24)18-11-19(25)13-20(26)12-18/h3-13H,2,14-15H2,1H3. The fraction of sp³-hybridized carbons (Fsp3) is 0.167. The van der Waals surface area contributed by atoms with Gasteiger partial charge in [0.05, 0.1) is 23.6 Å². The van der Waals surface area contributed by atoms with Gasteiger partial charge in [-0.3, -0.25) is 4.98 Å². The van der Waals surface area contributed by atoms with Crippen LogP contribution >= 0.6 is 0 Å². The van der Waals surface area contributed by atoms with E-state index in [1.54, 1.807) is 6.20 Å². The number of rotatable bonds is 4. The van der Waals surface area contributed by atoms with Gasteiger partial charge in [0.2, 0.25) is 0 Å². The van der Waals surface area contributed by atoms with E-state index in [1.807, 2.05) is 24.3 Å². The highest BCUT2D eigenvalue weighted by Crippen LogP contribution is 2.37. The first-order valence-corrected chi connectivity index (χ1v) is 9.92. The molecule has 0 saturated carbocycles. The van der Waals surface area contributed by atoms with E-state index < -0.39 is 11.6 Å². The van der Waals surface area contributed by atoms with Gasteiger partial charge in [0, 0.05) is 36.3 Å². The minimum Gasteiger partial charge on any atom is -0.351 e. The van der Waals surface area contributed by atoms with Gasteiger partial charge in [-0.15, -0.1) is 0 Å². The van der Waals surface area contributed by atoms with Gasteiger partial charge in [-0.1, -0.05) is 12.1 Å². The van der Waals surface area contributed by atoms with Gasteiger partial charge in [0.25, 0.3) is 0 Å². The third-order valence-corrected chi connectivity index (χ3v) is 5.42. The molecule has 6 heteroatoms. The lowest BCUT2D eigenvalue weighted by atomic mass is 10.1. The van der Waals surface area contributed by atoms with Crippen LogP contribution in [0, 0.1) is 11.6 Å². The third kappa shape index (κ3) is 3.34. The molecule has 5 rings (SSSR count). The summed E-state index contributed by atoms with van der Waals surface area (Å²) in [6, 6.07) is 17.5. The fourth-order valence-corrected chi connectivity index (χ4v) is 3.97. The largest absolute Gasteiger partial charge is 0.351 e. The maximum absolute atomic E-state index is 13.7. The van der Waals surface area contributed by atoms with Gasteiger partial charge in [0.15, 0.2) is 5.82 Å². The number of aromatic nitrogens is 2. The molecule has 0 amide bonds. The first kappa shape index (κ1) is 18.5. The second-order valence-corrected chi connectivity index (χ2v) is 7.42. The van der Waals surface area contributed by atoms with E-state index in [1.165, 1.54) is 12.1 Å². The Hall–Kier alpha value is -3.54. The maximum Gasteiger partial charge on any atom is 0.154 e. The zero-order valence-corrected chi connectivity index (χ0v) is 16.5. The highest BCUT2D eigenvalue weighted by atomic mass is 19.1. The van der Waals surface area contributed by atoms with Crippen LogP contribution in [-0.4, -0.2) is 23.2 Å². The number of anilines is 2. The molecule has 0 bridgehead atoms. The zero-order valence-electron chi connectivity index (χ0n) is 16.5. The van der Waals surface area contributed by atoms with Crippen molar-refractivity contribution in [2.24, 2.45) is 0 Å². The average molecular weight is 402 g/mol. The van der Waals surface area contributed by atoms with Crippen molar-refractivity contribution in [3.63, 3.8) is 0 Å². The maximum atomic E-state index is 13.7. The van der Waals surface area contributed by atoms with Crippen molar-refractivity contribution >= 4 is 22.4 Å². The van der Waals surface area contributed by atoms with Crippen LogP contribution in [0.2, 0.25) is 0 Å². The number of fused-ring (bicyclic) bond motifs is 2. The molecule has 150 valence electrons. The Morgan fingerprint density at radius 2 is 1.77 bits per heavy atom. The fourth-order valence-electron chi connectivity index (χ4n) is 3.97. The van der Waals surface area contributed by atoms with Crippen LogP contribution in [0.15, 0.2) is 66.9 Å². The number of benzene rings is 2. The minimum atomic E-state index is -0.607. The van der Waals surface area contributed by atoms with Crippen molar-refractivity contribution < 1.29 is 8.78 Å². The van der Waals surface area contributed by atoms with E-state index in [4.69, 9.17) is 4.98 Å². The van der Waals surface area contributed by atoms with Crippen LogP contribution < -0.4 is 9.80 Å². The van der Waals surface area contributed by atoms with E-state index in [2.05, 4.69) is 39.9 Å². The normalized spacial score (nSPS) is 13.2. The molecule has 2 aromatic carbocycles. The van der Waals surface area contributed by atoms with E-state index in [0.29, 0.717) is 24.5 Å². The number of halogens is 2. The summed E-state index contributed by atoms with van der Waals surface area (Å²) in [4.78, 5) is 13.6. The summed E-state index contributed by atoms with van der Waals surface area (Å²) in [5.74, 6) is -0.390. The van der Waals surface area contributed by atoms with Gasteiger partial charge < -0.3 is 9.80 Å². The molecule has 0 radical (unpaired) electrons. The van der Waals surface area contributed by atoms with Crippen LogP contribution in [-0.2, 0) is 6.54 Å². The molecule has 30 heavy (non-hydrogen) atoms. The first-order valence-electron chi connectivity index (χ1n) is 9.92. The van der Waals surface area contributed by atoms with Gasteiger partial charge in [-0.25, -0.2) is 13.8 Å². The molecule has 0 atom stereocenters. The Morgan fingerprint density at radius 1 is 0.933 bits per heavy atom. The number of hydrogen-bond donors (Lipinski definition) is 0. The molecule has 0 spiro atoms. The van der Waals surface area contributed by atoms with E-state index in [-0.39, 0.29) is 0 Å². The summed E-state index contributed by atoms with van der Waals surface area (Å²) in [5, 5.41) is 1.10. The van der Waals surface area contributed by atoms with Crippen molar-refractivity contribution in [1.82, 2.24) is 9.97 Å². The molecular weight excluding hydrogens is 382 g/mol. The second kappa shape index (κ2) is 7.37. The zero-order chi connectivity index (χ0) is 20.7. The summed E-state index contributed by atoms with van der Waals surface area (Å²) in [6.45, 7) is 4.35. The number of nitrogens with zero attached hydrogens (tertiary/aromatic N) is 4. The number of hydrogen-bond acceptors (Lipinski definition) is 4. The Kier molecular flexibility index (Phi) is 4.54. The monoisotopic (exact) mass is 402 g/mol. The Labute approximate surface area is 173 Å². The number of pyridine rings is 2. The molecule has 4 aromatic rings. The molecule has 0 fully saturated rings. The van der Waals surface area contributed by atoms with Crippen LogP contribution in [0.5, 0.6) is 0 Å². The summed E-state index contributed by atoms with van der Waals surface area (Å²) < 4.78 is 27.4. The van der Waals surface area contributed by atoms with Crippen molar-refractivity contribution in [2.75, 3.05) is 23.0 Å². The lowest BCUT2D eigenvalue weighted by Crippen LogP contribution is -2.30. The highest BCUT2D eigenvalue weighted by molar-refractivity contribution is 5.80. The topological polar surface area (TPSA) is 32.3 Å². The van der Waals surface area contributed by atoms with Crippen molar-refractivity contribution in [3.8, 4) is 11.3 Å². The quantitative estimate of drug-likeness (QED) is 0.459. The molecule has 0 N–H and O–H groups in total. The molecule has 1 aliphatic rings. The van der Waals surface area contributed by atoms with E-state index >= 15 is 0 Å². The minimum absolute atomic E-state index is 0.432. The summed E-state index contributed by atoms with van der Waals surface area (Å²) in [6.07, 6.45) is 1.79. The average Bonchev–Trinajstić information content (AvgIpc) is 3.10. The van der Waals surface area contributed by atoms with Gasteiger partial charge in [-0.05, 0) is 55.0 Å². The molecular formula is C24H20F2N4. The Bertz CT molecular complexity index is 1220. The van der Waals surface area contributed by atoms with Crippen molar-refractivity contribution in [1.29, 1.82) is 0 Å². The van der Waals surface area contributed by atoms with Crippen LogP contribution in [0.1, 0.15) is 12.5 Å². The van der Waals surface area contributed by atoms with Gasteiger partial charge >= 0.3 is 0 Å². The summed E-state index contributed by atoms with van der Waals surface area (Å²) in [5.41, 5.74) is 4.13. The Morgan fingerprint density at radius 3 is 2.57 bits per heavy atom. The molecule has 1 aliphatic heterocycles. The molecule has 0 aliphatic carbocycles. The molecule has 0 saturated heterocycles. The predicted molar refractivity (Wildman–Crippen MR) is 115 cm³/mol. The molecule has 0 unspecified atom stereocenters. The van der Waals surface area contributed by atoms with Crippen molar-refractivity contribution in [2.45, 2.75) is 13.5 Å². The lowest BCUT2D eigenvalue weighted by Gasteiger charge is -2.20. The van der Waals surface area contributed by atoms with Crippen LogP contribution in [0.25, 0.3) is 22.2 Å². The van der Waals surface area contributed by atoms with Crippen LogP contribution in [0.3, 0.4) is 0 Å². The van der Waals surface area contributed by atoms with E-state index in [9.17, 15) is 8.78 Å². The third-order valence-electron chi connectivity index (χ3n) is 5.42. The predicted octanol–water partition coefficient (Wildman–Crippen LogP) is 5.38. The SMILES string of the molecule is CCN1CN(Cc2ccc3ncccc3c2)c2nc(-c3cc(F)cc(F)c3)ccc21. The van der Waals surface area contributed by atoms with Crippen molar-refractivity contribution in [3.05, 3.63) is 84.1 Å². The first-order chi connectivity index (χ1) is 14.6.